The molecule has 1 rings (SSSR count). The van der Waals surface area contributed by atoms with Crippen LogP contribution < -0.4 is 6.15 Å². The van der Waals surface area contributed by atoms with Crippen molar-refractivity contribution in [3.8, 4) is 5.75 Å². The van der Waals surface area contributed by atoms with Crippen molar-refractivity contribution in [2.75, 3.05) is 0 Å². The van der Waals surface area contributed by atoms with Crippen LogP contribution in [0.3, 0.4) is 0 Å². The zero-order chi connectivity index (χ0) is 15.2. The molecule has 0 spiro atoms. The summed E-state index contributed by atoms with van der Waals surface area (Å²) in [7, 11) is 0. The maximum absolute atomic E-state index is 10.4. The van der Waals surface area contributed by atoms with Gasteiger partial charge in [0.15, 0.2) is 0 Å². The Morgan fingerprint density at radius 3 is 1.45 bits per heavy atom. The Labute approximate surface area is 109 Å². The van der Waals surface area contributed by atoms with E-state index >= 15 is 0 Å². The molecule has 1 aromatic carbocycles. The highest BCUT2D eigenvalue weighted by Crippen LogP contribution is 2.38. The van der Waals surface area contributed by atoms with E-state index in [9.17, 15) is 30.3 Å². The van der Waals surface area contributed by atoms with Crippen LogP contribution in [-0.2, 0) is 4.79 Å². The molecule has 0 saturated carbocycles. The van der Waals surface area contributed by atoms with Gasteiger partial charge in [-0.3, -0.25) is 35.1 Å². The molecule has 13 heteroatoms. The van der Waals surface area contributed by atoms with E-state index < -0.39 is 37.6 Å². The fraction of sp³-hybridized carbons (Fsp3) is 0. The molecule has 0 aliphatic rings. The van der Waals surface area contributed by atoms with Gasteiger partial charge in [-0.1, -0.05) is 0 Å². The van der Waals surface area contributed by atoms with Crippen molar-refractivity contribution in [1.29, 1.82) is 0 Å². The second kappa shape index (κ2) is 7.88. The lowest BCUT2D eigenvalue weighted by Crippen LogP contribution is -1.97. The predicted molar refractivity (Wildman–Crippen MR) is 61.8 cm³/mol. The summed E-state index contributed by atoms with van der Waals surface area (Å²) in [4.78, 5) is 36.1. The Hall–Kier alpha value is -3.35. The molecule has 0 aromatic heterocycles. The van der Waals surface area contributed by atoms with Crippen molar-refractivity contribution < 1.29 is 29.8 Å². The Bertz CT molecular complexity index is 508. The molecule has 110 valence electrons. The Morgan fingerprint density at radius 2 is 1.25 bits per heavy atom. The first kappa shape index (κ1) is 19.0. The molecule has 1 aromatic rings. The third-order valence-corrected chi connectivity index (χ3v) is 1.66. The van der Waals surface area contributed by atoms with E-state index in [1.807, 2.05) is 0 Å². The molecule has 0 aliphatic carbocycles. The van der Waals surface area contributed by atoms with Crippen molar-refractivity contribution in [2.24, 2.45) is 0 Å². The quantitative estimate of drug-likeness (QED) is 0.406. The minimum atomic E-state index is -1.21. The summed E-state index contributed by atoms with van der Waals surface area (Å²) < 4.78 is 0. The van der Waals surface area contributed by atoms with Gasteiger partial charge in [-0.25, -0.2) is 0 Å². The summed E-state index contributed by atoms with van der Waals surface area (Å²) >= 11 is 0. The number of phenols is 1. The highest BCUT2D eigenvalue weighted by Gasteiger charge is 2.29. The summed E-state index contributed by atoms with van der Waals surface area (Å²) in [5.41, 5.74) is -3.00. The number of benzene rings is 1. The number of nitro groups is 3. The van der Waals surface area contributed by atoms with Crippen LogP contribution >= 0.6 is 0 Å². The molecule has 0 atom stereocenters. The summed E-state index contributed by atoms with van der Waals surface area (Å²) in [6.07, 6.45) is 0. The van der Waals surface area contributed by atoms with Gasteiger partial charge in [0.05, 0.1) is 26.9 Å². The fourth-order valence-corrected chi connectivity index (χ4v) is 0.974. The molecule has 0 unspecified atom stereocenters. The first-order valence-corrected chi connectivity index (χ1v) is 4.14. The van der Waals surface area contributed by atoms with E-state index in [-0.39, 0.29) is 12.6 Å². The van der Waals surface area contributed by atoms with Crippen LogP contribution in [0.1, 0.15) is 0 Å². The highest BCUT2D eigenvalue weighted by atomic mass is 16.6. The number of nitro benzene ring substituents is 3. The molecule has 0 radical (unpaired) electrons. The molecule has 0 saturated heterocycles. The number of hydrogen-bond donors (Lipinski definition) is 3. The van der Waals surface area contributed by atoms with Gasteiger partial charge in [-0.15, -0.1) is 0 Å². The lowest BCUT2D eigenvalue weighted by atomic mass is 10.2. The van der Waals surface area contributed by atoms with Crippen LogP contribution in [0.5, 0.6) is 5.75 Å². The minimum absolute atomic E-state index is 0. The molecule has 20 heavy (non-hydrogen) atoms. The van der Waals surface area contributed by atoms with Gasteiger partial charge in [-0.2, -0.15) is 0 Å². The van der Waals surface area contributed by atoms with E-state index in [2.05, 4.69) is 0 Å². The fourth-order valence-electron chi connectivity index (χ4n) is 0.974. The van der Waals surface area contributed by atoms with E-state index in [0.29, 0.717) is 12.1 Å². The minimum Gasteiger partial charge on any atom is -0.497 e. The first-order valence-electron chi connectivity index (χ1n) is 4.14. The smallest absolute Gasteiger partial charge is 0.324 e. The monoisotopic (exact) mass is 292 g/mol. The standard InChI is InChI=1S/C6H3N3O7.CH2O2.H3N/c10-6-4(8(13)14)1-3(7(11)12)2-5(6)9(15)16;2-1-3;/h1-2,10H;1H,(H,2,3);1H3. The van der Waals surface area contributed by atoms with Gasteiger partial charge >= 0.3 is 11.4 Å². The normalized spacial score (nSPS) is 8.40. The Morgan fingerprint density at radius 1 is 0.950 bits per heavy atom. The molecule has 0 fully saturated rings. The van der Waals surface area contributed by atoms with E-state index in [1.54, 1.807) is 0 Å². The van der Waals surface area contributed by atoms with Crippen LogP contribution in [-0.4, -0.2) is 31.5 Å². The van der Waals surface area contributed by atoms with Crippen molar-refractivity contribution in [3.63, 3.8) is 0 Å². The number of carboxylic acid groups (broad SMARTS) is 1. The molecule has 0 aliphatic heterocycles. The number of carbonyl (C=O) groups is 1. The lowest BCUT2D eigenvalue weighted by Gasteiger charge is -1.97. The van der Waals surface area contributed by atoms with Crippen molar-refractivity contribution >= 4 is 23.5 Å². The third kappa shape index (κ3) is 4.49. The summed E-state index contributed by atoms with van der Waals surface area (Å²) in [6, 6.07) is 0.894. The molecule has 13 nitrogen and oxygen atoms in total. The van der Waals surface area contributed by atoms with E-state index in [4.69, 9.17) is 15.0 Å². The molecule has 0 bridgehead atoms. The van der Waals surface area contributed by atoms with Crippen molar-refractivity contribution in [3.05, 3.63) is 42.5 Å². The first-order chi connectivity index (χ1) is 8.76. The SMILES string of the molecule is N.O=CO.O=[N+]([O-])c1cc([N+](=O)[O-])c(O)c([N+](=O)[O-])c1. The van der Waals surface area contributed by atoms with Crippen LogP contribution in [0, 0.1) is 30.3 Å². The zero-order valence-electron chi connectivity index (χ0n) is 9.53. The maximum atomic E-state index is 10.4. The second-order valence-corrected chi connectivity index (χ2v) is 2.71. The zero-order valence-corrected chi connectivity index (χ0v) is 9.53. The largest absolute Gasteiger partial charge is 0.497 e. The molecular formula is C7H8N4O9. The third-order valence-electron chi connectivity index (χ3n) is 1.66. The van der Waals surface area contributed by atoms with Gasteiger partial charge in [0.1, 0.15) is 0 Å². The number of aromatic hydroxyl groups is 1. The molecule has 0 amide bonds. The topological polar surface area (TPSA) is 222 Å². The average Bonchev–Trinajstić information content (AvgIpc) is 2.29. The summed E-state index contributed by atoms with van der Waals surface area (Å²) in [5, 5.41) is 47.1. The second-order valence-electron chi connectivity index (χ2n) is 2.71. The van der Waals surface area contributed by atoms with Crippen LogP contribution in [0.15, 0.2) is 12.1 Å². The number of phenolic OH excluding ortho intramolecular Hbond substituents is 1. The van der Waals surface area contributed by atoms with Gasteiger partial charge in [0, 0.05) is 0 Å². The number of nitrogens with zero attached hydrogens (tertiary/aromatic N) is 3. The summed E-state index contributed by atoms with van der Waals surface area (Å²) in [5.74, 6) is -1.21. The van der Waals surface area contributed by atoms with Gasteiger partial charge < -0.3 is 16.4 Å². The molecular weight excluding hydrogens is 284 g/mol. The van der Waals surface area contributed by atoms with E-state index in [1.165, 1.54) is 0 Å². The van der Waals surface area contributed by atoms with Crippen LogP contribution in [0.2, 0.25) is 0 Å². The average molecular weight is 292 g/mol. The van der Waals surface area contributed by atoms with Gasteiger partial charge in [-0.05, 0) is 0 Å². The Balaban J connectivity index is 0. The molecule has 5 N–H and O–H groups in total. The van der Waals surface area contributed by atoms with Gasteiger partial charge in [0.25, 0.3) is 17.9 Å². The van der Waals surface area contributed by atoms with Crippen molar-refractivity contribution in [2.45, 2.75) is 0 Å². The van der Waals surface area contributed by atoms with Crippen molar-refractivity contribution in [1.82, 2.24) is 6.15 Å². The van der Waals surface area contributed by atoms with E-state index in [0.717, 1.165) is 0 Å². The van der Waals surface area contributed by atoms with Crippen LogP contribution in [0.25, 0.3) is 0 Å². The molecule has 0 heterocycles. The number of rotatable bonds is 3. The number of non-ortho nitro benzene ring substituents is 1. The van der Waals surface area contributed by atoms with Gasteiger partial charge in [0.2, 0.25) is 0 Å². The van der Waals surface area contributed by atoms with Crippen LogP contribution in [0.4, 0.5) is 17.1 Å². The predicted octanol–water partition coefficient (Wildman–Crippen LogP) is 0.980. The Kier molecular flexibility index (Phi) is 7.48. The number of hydrogen-bond acceptors (Lipinski definition) is 9. The lowest BCUT2D eigenvalue weighted by molar-refractivity contribution is -0.404. The maximum Gasteiger partial charge on any atom is 0.324 e. The summed E-state index contributed by atoms with van der Waals surface area (Å²) in [6.45, 7) is -0.250. The highest BCUT2D eigenvalue weighted by molar-refractivity contribution is 5.64.